The van der Waals surface area contributed by atoms with Gasteiger partial charge in [0, 0.05) is 6.61 Å². The van der Waals surface area contributed by atoms with Crippen LogP contribution in [-0.4, -0.2) is 30.9 Å². The van der Waals surface area contributed by atoms with Crippen molar-refractivity contribution >= 4 is 11.9 Å². The Hall–Kier alpha value is -1.17. The molecule has 3 amide bonds. The Labute approximate surface area is 81.0 Å². The van der Waals surface area contributed by atoms with Gasteiger partial charge in [-0.1, -0.05) is 13.3 Å². The number of carbonyl (C=O) groups excluding carboxylic acids is 2. The number of halogens is 1. The highest BCUT2D eigenvalue weighted by Gasteiger charge is 2.36. The number of amides is 3. The number of unbranched alkanes of at least 4 members (excludes halogenated alkanes) is 1. The molecule has 0 bridgehead atoms. The Kier molecular flexibility index (Phi) is 3.82. The monoisotopic (exact) mass is 204 g/mol. The van der Waals surface area contributed by atoms with Crippen molar-refractivity contribution in [1.82, 2.24) is 10.6 Å². The highest BCUT2D eigenvalue weighted by atomic mass is 19.1. The first-order valence-corrected chi connectivity index (χ1v) is 4.52. The van der Waals surface area contributed by atoms with Gasteiger partial charge in [0.1, 0.15) is 0 Å². The summed E-state index contributed by atoms with van der Waals surface area (Å²) in [7, 11) is 0. The quantitative estimate of drug-likeness (QED) is 0.647. The van der Waals surface area contributed by atoms with Gasteiger partial charge in [0.15, 0.2) is 6.23 Å². The average molecular weight is 204 g/mol. The second kappa shape index (κ2) is 4.90. The van der Waals surface area contributed by atoms with E-state index in [4.69, 9.17) is 4.74 Å². The number of imide groups is 1. The molecular weight excluding hydrogens is 191 g/mol. The summed E-state index contributed by atoms with van der Waals surface area (Å²) in [6.07, 6.45) is -1.31. The second-order valence-electron chi connectivity index (χ2n) is 3.01. The van der Waals surface area contributed by atoms with Gasteiger partial charge in [-0.25, -0.2) is 9.18 Å². The Morgan fingerprint density at radius 3 is 2.86 bits per heavy atom. The van der Waals surface area contributed by atoms with Crippen molar-refractivity contribution in [3.63, 3.8) is 0 Å². The standard InChI is InChI=1S/C8H13FN2O3/c1-2-3-4-14-7-5(9)6(12)10-8(13)11-7/h5,7H,2-4H2,1H3,(H2,10,11,12,13). The van der Waals surface area contributed by atoms with Crippen LogP contribution in [-0.2, 0) is 9.53 Å². The molecule has 1 aliphatic rings. The molecule has 1 fully saturated rings. The Balaban J connectivity index is 2.41. The molecule has 5 nitrogen and oxygen atoms in total. The zero-order chi connectivity index (χ0) is 10.6. The highest BCUT2D eigenvalue weighted by molar-refractivity contribution is 5.99. The minimum Gasteiger partial charge on any atom is -0.355 e. The lowest BCUT2D eigenvalue weighted by atomic mass is 10.2. The van der Waals surface area contributed by atoms with Gasteiger partial charge in [-0.05, 0) is 6.42 Å². The fourth-order valence-electron chi connectivity index (χ4n) is 1.04. The highest BCUT2D eigenvalue weighted by Crippen LogP contribution is 2.06. The molecule has 0 spiro atoms. The molecule has 0 aromatic rings. The van der Waals surface area contributed by atoms with E-state index in [1.165, 1.54) is 0 Å². The minimum absolute atomic E-state index is 0.329. The van der Waals surface area contributed by atoms with E-state index >= 15 is 0 Å². The van der Waals surface area contributed by atoms with Gasteiger partial charge in [0.25, 0.3) is 5.91 Å². The Morgan fingerprint density at radius 2 is 2.21 bits per heavy atom. The Bertz CT molecular complexity index is 235. The number of nitrogens with one attached hydrogen (secondary N) is 2. The first-order valence-electron chi connectivity index (χ1n) is 4.52. The van der Waals surface area contributed by atoms with Crippen molar-refractivity contribution in [2.75, 3.05) is 6.61 Å². The molecule has 6 heteroatoms. The summed E-state index contributed by atoms with van der Waals surface area (Å²) in [5.74, 6) is -0.949. The van der Waals surface area contributed by atoms with E-state index in [1.807, 2.05) is 6.92 Å². The molecule has 0 saturated carbocycles. The van der Waals surface area contributed by atoms with Gasteiger partial charge in [0.2, 0.25) is 6.17 Å². The van der Waals surface area contributed by atoms with Crippen LogP contribution in [0.1, 0.15) is 19.8 Å². The topological polar surface area (TPSA) is 67.4 Å². The van der Waals surface area contributed by atoms with Crippen molar-refractivity contribution in [2.24, 2.45) is 0 Å². The smallest absolute Gasteiger partial charge is 0.323 e. The summed E-state index contributed by atoms with van der Waals surface area (Å²) in [4.78, 5) is 21.6. The van der Waals surface area contributed by atoms with Crippen molar-refractivity contribution in [2.45, 2.75) is 32.2 Å². The van der Waals surface area contributed by atoms with Crippen molar-refractivity contribution < 1.29 is 18.7 Å². The molecule has 2 atom stereocenters. The van der Waals surface area contributed by atoms with Gasteiger partial charge < -0.3 is 10.1 Å². The zero-order valence-corrected chi connectivity index (χ0v) is 7.88. The summed E-state index contributed by atoms with van der Waals surface area (Å²) >= 11 is 0. The fraction of sp³-hybridized carbons (Fsp3) is 0.750. The van der Waals surface area contributed by atoms with Crippen LogP contribution in [0.15, 0.2) is 0 Å². The molecule has 1 rings (SSSR count). The van der Waals surface area contributed by atoms with E-state index in [-0.39, 0.29) is 0 Å². The third-order valence-corrected chi connectivity index (χ3v) is 1.82. The Morgan fingerprint density at radius 1 is 1.50 bits per heavy atom. The summed E-state index contributed by atoms with van der Waals surface area (Å²) in [6, 6.07) is -0.717. The van der Waals surface area contributed by atoms with E-state index in [9.17, 15) is 14.0 Å². The van der Waals surface area contributed by atoms with Crippen molar-refractivity contribution in [1.29, 1.82) is 0 Å². The molecule has 2 N–H and O–H groups in total. The number of hydrogen-bond acceptors (Lipinski definition) is 3. The number of hydrogen-bond donors (Lipinski definition) is 2. The van der Waals surface area contributed by atoms with Gasteiger partial charge in [0.05, 0.1) is 0 Å². The van der Waals surface area contributed by atoms with Gasteiger partial charge in [-0.3, -0.25) is 10.1 Å². The van der Waals surface area contributed by atoms with Crippen LogP contribution in [0.3, 0.4) is 0 Å². The van der Waals surface area contributed by atoms with E-state index in [1.54, 1.807) is 5.32 Å². The third kappa shape index (κ3) is 2.66. The molecule has 1 saturated heterocycles. The minimum atomic E-state index is -1.83. The van der Waals surface area contributed by atoms with Crippen LogP contribution < -0.4 is 10.6 Å². The van der Waals surface area contributed by atoms with Crippen LogP contribution in [0.25, 0.3) is 0 Å². The molecular formula is C8H13FN2O3. The second-order valence-corrected chi connectivity index (χ2v) is 3.01. The molecule has 1 aliphatic heterocycles. The van der Waals surface area contributed by atoms with E-state index in [0.29, 0.717) is 6.61 Å². The average Bonchev–Trinajstić information content (AvgIpc) is 2.13. The SMILES string of the molecule is CCCCOC1NC(=O)NC(=O)C1F. The zero-order valence-electron chi connectivity index (χ0n) is 7.88. The van der Waals surface area contributed by atoms with E-state index < -0.39 is 24.3 Å². The molecule has 0 aromatic carbocycles. The molecule has 80 valence electrons. The maximum atomic E-state index is 13.1. The number of alkyl halides is 1. The van der Waals surface area contributed by atoms with Crippen molar-refractivity contribution in [3.05, 3.63) is 0 Å². The summed E-state index contributed by atoms with van der Waals surface area (Å²) in [5, 5.41) is 3.99. The summed E-state index contributed by atoms with van der Waals surface area (Å²) in [6.45, 7) is 2.29. The molecule has 1 heterocycles. The van der Waals surface area contributed by atoms with E-state index in [0.717, 1.165) is 12.8 Å². The first-order chi connectivity index (χ1) is 6.65. The number of rotatable bonds is 4. The third-order valence-electron chi connectivity index (χ3n) is 1.82. The summed E-state index contributed by atoms with van der Waals surface area (Å²) < 4.78 is 18.1. The number of carbonyl (C=O) groups is 2. The molecule has 0 radical (unpaired) electrons. The first kappa shape index (κ1) is 10.9. The molecule has 2 unspecified atom stereocenters. The van der Waals surface area contributed by atoms with Crippen molar-refractivity contribution in [3.8, 4) is 0 Å². The van der Waals surface area contributed by atoms with Crippen LogP contribution in [0.2, 0.25) is 0 Å². The van der Waals surface area contributed by atoms with Gasteiger partial charge >= 0.3 is 6.03 Å². The van der Waals surface area contributed by atoms with Gasteiger partial charge in [-0.2, -0.15) is 0 Å². The predicted octanol–water partition coefficient (Wildman–Crippen LogP) is 0.307. The molecule has 0 aromatic heterocycles. The predicted molar refractivity (Wildman–Crippen MR) is 46.2 cm³/mol. The molecule has 14 heavy (non-hydrogen) atoms. The lowest BCUT2D eigenvalue weighted by Gasteiger charge is -2.26. The fourth-order valence-corrected chi connectivity index (χ4v) is 1.04. The van der Waals surface area contributed by atoms with Crippen LogP contribution in [0, 0.1) is 0 Å². The summed E-state index contributed by atoms with van der Waals surface area (Å²) in [5.41, 5.74) is 0. The normalized spacial score (nSPS) is 27.0. The number of ether oxygens (including phenoxy) is 1. The lowest BCUT2D eigenvalue weighted by molar-refractivity contribution is -0.134. The maximum Gasteiger partial charge on any atom is 0.323 e. The van der Waals surface area contributed by atoms with Crippen LogP contribution >= 0.6 is 0 Å². The lowest BCUT2D eigenvalue weighted by Crippen LogP contribution is -2.60. The van der Waals surface area contributed by atoms with E-state index in [2.05, 4.69) is 5.32 Å². The van der Waals surface area contributed by atoms with Crippen LogP contribution in [0.5, 0.6) is 0 Å². The van der Waals surface area contributed by atoms with Gasteiger partial charge in [-0.15, -0.1) is 0 Å². The number of urea groups is 1. The van der Waals surface area contributed by atoms with Crippen LogP contribution in [0.4, 0.5) is 9.18 Å². The molecule has 0 aliphatic carbocycles. The maximum absolute atomic E-state index is 13.1. The largest absolute Gasteiger partial charge is 0.355 e.